The van der Waals surface area contributed by atoms with Crippen molar-refractivity contribution >= 4 is 17.5 Å². The van der Waals surface area contributed by atoms with E-state index in [-0.39, 0.29) is 24.2 Å². The molecule has 0 bridgehead atoms. The molecule has 1 fully saturated rings. The number of amides is 2. The van der Waals surface area contributed by atoms with E-state index in [2.05, 4.69) is 17.4 Å². The Kier molecular flexibility index (Phi) is 6.02. The monoisotopic (exact) mass is 380 g/mol. The molecular weight excluding hydrogens is 352 g/mol. The fraction of sp³-hybridized carbons (Fsp3) is 0.391. The molecule has 1 saturated heterocycles. The molecule has 1 atom stereocenters. The first-order chi connectivity index (χ1) is 13.4. The molecule has 1 aliphatic heterocycles. The molecule has 2 amide bonds. The zero-order valence-corrected chi connectivity index (χ0v) is 17.0. The maximum Gasteiger partial charge on any atom is 0.227 e. The largest absolute Gasteiger partial charge is 0.497 e. The fourth-order valence-corrected chi connectivity index (χ4v) is 4.00. The molecule has 0 spiro atoms. The zero-order chi connectivity index (χ0) is 20.3. The molecule has 28 heavy (non-hydrogen) atoms. The molecule has 0 aromatic heterocycles. The van der Waals surface area contributed by atoms with E-state index >= 15 is 0 Å². The van der Waals surface area contributed by atoms with Gasteiger partial charge in [-0.2, -0.15) is 0 Å². The molecular formula is C23H28N2O3. The van der Waals surface area contributed by atoms with Gasteiger partial charge in [-0.05, 0) is 56.0 Å². The second kappa shape index (κ2) is 8.46. The number of hydrogen-bond acceptors (Lipinski definition) is 3. The number of benzene rings is 2. The van der Waals surface area contributed by atoms with E-state index in [0.29, 0.717) is 13.1 Å². The van der Waals surface area contributed by atoms with Crippen molar-refractivity contribution in [3.05, 3.63) is 58.7 Å². The van der Waals surface area contributed by atoms with Gasteiger partial charge < -0.3 is 15.0 Å². The average Bonchev–Trinajstić information content (AvgIpc) is 3.02. The Hall–Kier alpha value is -2.82. The first kappa shape index (κ1) is 19.9. The number of carbonyl (C=O) groups excluding carboxylic acids is 2. The second-order valence-electron chi connectivity index (χ2n) is 7.55. The maximum absolute atomic E-state index is 12.6. The van der Waals surface area contributed by atoms with Crippen molar-refractivity contribution in [3.8, 4) is 5.75 Å². The Labute approximate surface area is 166 Å². The number of methoxy groups -OCH3 is 1. The number of hydrogen-bond donors (Lipinski definition) is 1. The lowest BCUT2D eigenvalue weighted by molar-refractivity contribution is -0.126. The van der Waals surface area contributed by atoms with Gasteiger partial charge in [0.15, 0.2) is 0 Å². The third-order valence-corrected chi connectivity index (χ3v) is 5.25. The summed E-state index contributed by atoms with van der Waals surface area (Å²) in [5.41, 5.74) is 5.38. The third-order valence-electron chi connectivity index (χ3n) is 5.25. The summed E-state index contributed by atoms with van der Waals surface area (Å²) >= 11 is 0. The minimum atomic E-state index is -0.307. The summed E-state index contributed by atoms with van der Waals surface area (Å²) in [4.78, 5) is 26.9. The molecule has 148 valence electrons. The Balaban J connectivity index is 1.59. The van der Waals surface area contributed by atoms with Gasteiger partial charge in [0.25, 0.3) is 0 Å². The van der Waals surface area contributed by atoms with Crippen LogP contribution in [0.2, 0.25) is 0 Å². The second-order valence-corrected chi connectivity index (χ2v) is 7.55. The lowest BCUT2D eigenvalue weighted by atomic mass is 10.0. The smallest absolute Gasteiger partial charge is 0.227 e. The normalized spacial score (nSPS) is 16.4. The van der Waals surface area contributed by atoms with Crippen LogP contribution in [0.5, 0.6) is 5.75 Å². The molecule has 0 saturated carbocycles. The van der Waals surface area contributed by atoms with E-state index in [1.54, 1.807) is 12.0 Å². The van der Waals surface area contributed by atoms with Gasteiger partial charge in [-0.3, -0.25) is 9.59 Å². The molecule has 2 aromatic rings. The number of rotatable bonds is 6. The molecule has 1 aliphatic rings. The molecule has 1 unspecified atom stereocenters. The number of nitrogens with zero attached hydrogens (tertiary/aromatic N) is 1. The van der Waals surface area contributed by atoms with Crippen LogP contribution in [-0.2, 0) is 16.0 Å². The van der Waals surface area contributed by atoms with E-state index in [1.165, 1.54) is 5.56 Å². The number of aryl methyl sites for hydroxylation is 3. The highest BCUT2D eigenvalue weighted by molar-refractivity contribution is 6.01. The van der Waals surface area contributed by atoms with Gasteiger partial charge in [-0.25, -0.2) is 0 Å². The van der Waals surface area contributed by atoms with Crippen LogP contribution in [0, 0.1) is 26.7 Å². The summed E-state index contributed by atoms with van der Waals surface area (Å²) in [6.07, 6.45) is 0.987. The average molecular weight is 380 g/mol. The summed E-state index contributed by atoms with van der Waals surface area (Å²) in [7, 11) is 1.64. The van der Waals surface area contributed by atoms with Crippen LogP contribution in [0.15, 0.2) is 36.4 Å². The van der Waals surface area contributed by atoms with E-state index in [1.807, 2.05) is 45.0 Å². The number of ether oxygens (including phenoxy) is 1. The minimum Gasteiger partial charge on any atom is -0.497 e. The minimum absolute atomic E-state index is 0.0167. The van der Waals surface area contributed by atoms with Crippen LogP contribution in [0.1, 0.15) is 28.7 Å². The van der Waals surface area contributed by atoms with Crippen molar-refractivity contribution in [2.24, 2.45) is 5.92 Å². The highest BCUT2D eigenvalue weighted by Crippen LogP contribution is 2.31. The summed E-state index contributed by atoms with van der Waals surface area (Å²) in [6.45, 7) is 7.07. The zero-order valence-electron chi connectivity index (χ0n) is 17.0. The fourth-order valence-electron chi connectivity index (χ4n) is 4.00. The SMILES string of the molecule is COc1cccc(CCNC(=O)C2CC(=O)N(c3c(C)cc(C)cc3C)C2)c1. The summed E-state index contributed by atoms with van der Waals surface area (Å²) < 4.78 is 5.23. The highest BCUT2D eigenvalue weighted by atomic mass is 16.5. The van der Waals surface area contributed by atoms with Gasteiger partial charge in [0.05, 0.1) is 13.0 Å². The number of nitrogens with one attached hydrogen (secondary N) is 1. The quantitative estimate of drug-likeness (QED) is 0.836. The van der Waals surface area contributed by atoms with Crippen LogP contribution in [0.25, 0.3) is 0 Å². The lowest BCUT2D eigenvalue weighted by Gasteiger charge is -2.22. The molecule has 2 aromatic carbocycles. The van der Waals surface area contributed by atoms with E-state index < -0.39 is 0 Å². The van der Waals surface area contributed by atoms with Crippen LogP contribution in [-0.4, -0.2) is 32.0 Å². The highest BCUT2D eigenvalue weighted by Gasteiger charge is 2.36. The summed E-state index contributed by atoms with van der Waals surface area (Å²) in [5.74, 6) is 0.465. The number of carbonyl (C=O) groups is 2. The topological polar surface area (TPSA) is 58.6 Å². The van der Waals surface area contributed by atoms with Gasteiger partial charge in [-0.1, -0.05) is 29.8 Å². The van der Waals surface area contributed by atoms with E-state index in [4.69, 9.17) is 4.74 Å². The molecule has 5 heteroatoms. The predicted octanol–water partition coefficient (Wildman–Crippen LogP) is 3.33. The van der Waals surface area contributed by atoms with Gasteiger partial charge >= 0.3 is 0 Å². The van der Waals surface area contributed by atoms with Crippen molar-refractivity contribution in [1.82, 2.24) is 5.32 Å². The van der Waals surface area contributed by atoms with Crippen molar-refractivity contribution in [3.63, 3.8) is 0 Å². The van der Waals surface area contributed by atoms with Gasteiger partial charge in [0.1, 0.15) is 5.75 Å². The Morgan fingerprint density at radius 2 is 1.89 bits per heavy atom. The molecule has 0 aliphatic carbocycles. The van der Waals surface area contributed by atoms with Crippen LogP contribution in [0.3, 0.4) is 0 Å². The lowest BCUT2D eigenvalue weighted by Crippen LogP contribution is -2.34. The van der Waals surface area contributed by atoms with Crippen molar-refractivity contribution in [2.45, 2.75) is 33.6 Å². The number of anilines is 1. The van der Waals surface area contributed by atoms with Crippen molar-refractivity contribution in [2.75, 3.05) is 25.1 Å². The molecule has 0 radical (unpaired) electrons. The molecule has 3 rings (SSSR count). The van der Waals surface area contributed by atoms with Gasteiger partial charge in [0, 0.05) is 25.2 Å². The maximum atomic E-state index is 12.6. The van der Waals surface area contributed by atoms with Crippen LogP contribution >= 0.6 is 0 Å². The Morgan fingerprint density at radius 3 is 2.57 bits per heavy atom. The standard InChI is InChI=1S/C23H28N2O3/c1-15-10-16(2)22(17(3)11-15)25-14-19(13-21(25)26)23(27)24-9-8-18-6-5-7-20(12-18)28-4/h5-7,10-12,19H,8-9,13-14H2,1-4H3,(H,24,27). The first-order valence-corrected chi connectivity index (χ1v) is 9.68. The molecule has 5 nitrogen and oxygen atoms in total. The Bertz CT molecular complexity index is 868. The first-order valence-electron chi connectivity index (χ1n) is 9.68. The van der Waals surface area contributed by atoms with E-state index in [9.17, 15) is 9.59 Å². The third kappa shape index (κ3) is 4.35. The summed E-state index contributed by atoms with van der Waals surface area (Å²) in [5, 5.41) is 2.98. The van der Waals surface area contributed by atoms with Crippen molar-refractivity contribution in [1.29, 1.82) is 0 Å². The van der Waals surface area contributed by atoms with Crippen LogP contribution in [0.4, 0.5) is 5.69 Å². The molecule has 1 heterocycles. The summed E-state index contributed by atoms with van der Waals surface area (Å²) in [6, 6.07) is 12.0. The van der Waals surface area contributed by atoms with Crippen molar-refractivity contribution < 1.29 is 14.3 Å². The predicted molar refractivity (Wildman–Crippen MR) is 111 cm³/mol. The Morgan fingerprint density at radius 1 is 1.18 bits per heavy atom. The van der Waals surface area contributed by atoms with Gasteiger partial charge in [-0.15, -0.1) is 0 Å². The molecule has 1 N–H and O–H groups in total. The van der Waals surface area contributed by atoms with Gasteiger partial charge in [0.2, 0.25) is 11.8 Å². The van der Waals surface area contributed by atoms with E-state index in [0.717, 1.165) is 34.5 Å². The van der Waals surface area contributed by atoms with Crippen LogP contribution < -0.4 is 15.0 Å².